The first-order chi connectivity index (χ1) is 8.43. The molecule has 0 aliphatic carbocycles. The summed E-state index contributed by atoms with van der Waals surface area (Å²) >= 11 is 0. The molecule has 1 N–H and O–H groups in total. The number of nitrogens with zero attached hydrogens (tertiary/aromatic N) is 1. The van der Waals surface area contributed by atoms with Crippen molar-refractivity contribution in [3.63, 3.8) is 0 Å². The lowest BCUT2D eigenvalue weighted by molar-refractivity contribution is 0.0675. The second kappa shape index (κ2) is 11.0. The highest BCUT2D eigenvalue weighted by molar-refractivity contribution is 4.64. The van der Waals surface area contributed by atoms with E-state index in [9.17, 15) is 0 Å². The third-order valence-corrected chi connectivity index (χ3v) is 3.10. The Morgan fingerprint density at radius 2 is 1.76 bits per heavy atom. The van der Waals surface area contributed by atoms with Crippen molar-refractivity contribution in [1.82, 2.24) is 10.2 Å². The molecule has 1 saturated heterocycles. The van der Waals surface area contributed by atoms with Crippen LogP contribution >= 0.6 is 0 Å². The second-order valence-electron chi connectivity index (χ2n) is 4.61. The van der Waals surface area contributed by atoms with Crippen LogP contribution in [0.2, 0.25) is 0 Å². The molecule has 0 aromatic heterocycles. The smallest absolute Gasteiger partial charge is 0.0700 e. The van der Waals surface area contributed by atoms with Gasteiger partial charge in [0.25, 0.3) is 0 Å². The summed E-state index contributed by atoms with van der Waals surface area (Å²) in [5.74, 6) is 0. The Morgan fingerprint density at radius 1 is 1.00 bits per heavy atom. The van der Waals surface area contributed by atoms with E-state index in [4.69, 9.17) is 9.47 Å². The first kappa shape index (κ1) is 14.9. The first-order valence-electron chi connectivity index (χ1n) is 6.93. The molecular formula is C13H28N2O2. The Kier molecular flexibility index (Phi) is 9.61. The van der Waals surface area contributed by atoms with Gasteiger partial charge in [-0.3, -0.25) is 0 Å². The van der Waals surface area contributed by atoms with E-state index in [2.05, 4.69) is 10.2 Å². The van der Waals surface area contributed by atoms with E-state index in [1.54, 1.807) is 7.11 Å². The molecule has 1 aliphatic heterocycles. The standard InChI is InChI=1S/C13H28N2O2/c1-16-12-13-17-11-3-2-8-15-9-4-6-14-7-5-10-15/h14H,2-13H2,1H3. The van der Waals surface area contributed by atoms with Gasteiger partial charge in [0.15, 0.2) is 0 Å². The largest absolute Gasteiger partial charge is 0.382 e. The molecule has 0 spiro atoms. The quantitative estimate of drug-likeness (QED) is 0.649. The molecule has 1 rings (SSSR count). The van der Waals surface area contributed by atoms with Gasteiger partial charge in [0.1, 0.15) is 0 Å². The van der Waals surface area contributed by atoms with Crippen molar-refractivity contribution < 1.29 is 9.47 Å². The zero-order valence-electron chi connectivity index (χ0n) is 11.2. The number of unbranched alkanes of at least 4 members (excludes halogenated alkanes) is 1. The van der Waals surface area contributed by atoms with Gasteiger partial charge in [-0.25, -0.2) is 0 Å². The summed E-state index contributed by atoms with van der Waals surface area (Å²) in [6.45, 7) is 8.39. The highest BCUT2D eigenvalue weighted by Crippen LogP contribution is 2.01. The fourth-order valence-corrected chi connectivity index (χ4v) is 2.10. The molecule has 0 aromatic rings. The van der Waals surface area contributed by atoms with Gasteiger partial charge in [-0.1, -0.05) is 0 Å². The van der Waals surface area contributed by atoms with Gasteiger partial charge in [0.05, 0.1) is 13.2 Å². The molecule has 0 unspecified atom stereocenters. The molecule has 1 aliphatic rings. The number of hydrogen-bond donors (Lipinski definition) is 1. The third kappa shape index (κ3) is 8.55. The van der Waals surface area contributed by atoms with Crippen molar-refractivity contribution >= 4 is 0 Å². The zero-order chi connectivity index (χ0) is 12.2. The van der Waals surface area contributed by atoms with Crippen molar-refractivity contribution in [2.75, 3.05) is 59.7 Å². The number of methoxy groups -OCH3 is 1. The van der Waals surface area contributed by atoms with E-state index in [-0.39, 0.29) is 0 Å². The highest BCUT2D eigenvalue weighted by atomic mass is 16.5. The van der Waals surface area contributed by atoms with E-state index in [1.165, 1.54) is 58.4 Å². The first-order valence-corrected chi connectivity index (χ1v) is 6.93. The Balaban J connectivity index is 1.90. The maximum atomic E-state index is 5.45. The lowest BCUT2D eigenvalue weighted by Gasteiger charge is -2.24. The normalized spacial score (nSPS) is 18.9. The number of rotatable bonds is 8. The van der Waals surface area contributed by atoms with Crippen molar-refractivity contribution in [3.8, 4) is 0 Å². The summed E-state index contributed by atoms with van der Waals surface area (Å²) in [5, 5.41) is 3.45. The van der Waals surface area contributed by atoms with Gasteiger partial charge in [0, 0.05) is 13.7 Å². The van der Waals surface area contributed by atoms with Crippen LogP contribution in [0.15, 0.2) is 0 Å². The van der Waals surface area contributed by atoms with E-state index >= 15 is 0 Å². The molecular weight excluding hydrogens is 216 g/mol. The molecule has 17 heavy (non-hydrogen) atoms. The predicted molar refractivity (Wildman–Crippen MR) is 70.5 cm³/mol. The lowest BCUT2D eigenvalue weighted by Crippen LogP contribution is -2.34. The molecule has 4 nitrogen and oxygen atoms in total. The van der Waals surface area contributed by atoms with Gasteiger partial charge in [-0.2, -0.15) is 0 Å². The van der Waals surface area contributed by atoms with Crippen LogP contribution < -0.4 is 5.32 Å². The molecule has 0 atom stereocenters. The van der Waals surface area contributed by atoms with Crippen LogP contribution in [0.25, 0.3) is 0 Å². The Hall–Kier alpha value is -0.160. The zero-order valence-corrected chi connectivity index (χ0v) is 11.2. The average molecular weight is 244 g/mol. The molecule has 0 aromatic carbocycles. The Morgan fingerprint density at radius 3 is 2.47 bits per heavy atom. The van der Waals surface area contributed by atoms with Crippen LogP contribution in [0.5, 0.6) is 0 Å². The molecule has 1 heterocycles. The van der Waals surface area contributed by atoms with Crippen molar-refractivity contribution in [2.24, 2.45) is 0 Å². The minimum atomic E-state index is 0.707. The molecule has 0 amide bonds. The fourth-order valence-electron chi connectivity index (χ4n) is 2.10. The Labute approximate surface area is 106 Å². The average Bonchev–Trinajstić information content (AvgIpc) is 2.30. The van der Waals surface area contributed by atoms with Gasteiger partial charge < -0.3 is 19.7 Å². The Bertz CT molecular complexity index is 159. The van der Waals surface area contributed by atoms with E-state index in [0.717, 1.165) is 13.2 Å². The van der Waals surface area contributed by atoms with Crippen LogP contribution in [0, 0.1) is 0 Å². The number of nitrogens with one attached hydrogen (secondary N) is 1. The molecule has 1 fully saturated rings. The summed E-state index contributed by atoms with van der Waals surface area (Å²) in [5.41, 5.74) is 0. The third-order valence-electron chi connectivity index (χ3n) is 3.10. The minimum Gasteiger partial charge on any atom is -0.382 e. The van der Waals surface area contributed by atoms with Crippen LogP contribution in [0.4, 0.5) is 0 Å². The van der Waals surface area contributed by atoms with Crippen LogP contribution in [-0.4, -0.2) is 64.6 Å². The maximum absolute atomic E-state index is 5.45. The summed E-state index contributed by atoms with van der Waals surface area (Å²) in [4.78, 5) is 2.59. The second-order valence-corrected chi connectivity index (χ2v) is 4.61. The van der Waals surface area contributed by atoms with Gasteiger partial charge >= 0.3 is 0 Å². The van der Waals surface area contributed by atoms with Crippen molar-refractivity contribution in [3.05, 3.63) is 0 Å². The van der Waals surface area contributed by atoms with Crippen LogP contribution in [0.3, 0.4) is 0 Å². The van der Waals surface area contributed by atoms with E-state index in [0.29, 0.717) is 6.61 Å². The number of hydrogen-bond acceptors (Lipinski definition) is 4. The summed E-state index contributed by atoms with van der Waals surface area (Å²) in [6.07, 6.45) is 4.98. The van der Waals surface area contributed by atoms with E-state index < -0.39 is 0 Å². The molecule has 0 radical (unpaired) electrons. The monoisotopic (exact) mass is 244 g/mol. The molecule has 0 saturated carbocycles. The topological polar surface area (TPSA) is 33.7 Å². The minimum absolute atomic E-state index is 0.707. The molecule has 102 valence electrons. The van der Waals surface area contributed by atoms with Crippen LogP contribution in [0.1, 0.15) is 25.7 Å². The summed E-state index contributed by atoms with van der Waals surface area (Å²) in [7, 11) is 1.71. The lowest BCUT2D eigenvalue weighted by atomic mass is 10.2. The predicted octanol–water partition coefficient (Wildman–Crippen LogP) is 1.12. The SMILES string of the molecule is COCCOCCCCN1CCCNCCC1. The van der Waals surface area contributed by atoms with Crippen LogP contribution in [-0.2, 0) is 9.47 Å². The summed E-state index contributed by atoms with van der Waals surface area (Å²) in [6, 6.07) is 0. The molecule has 0 bridgehead atoms. The number of ether oxygens (including phenoxy) is 2. The maximum Gasteiger partial charge on any atom is 0.0700 e. The van der Waals surface area contributed by atoms with Crippen molar-refractivity contribution in [2.45, 2.75) is 25.7 Å². The summed E-state index contributed by atoms with van der Waals surface area (Å²) < 4.78 is 10.4. The van der Waals surface area contributed by atoms with Crippen molar-refractivity contribution in [1.29, 1.82) is 0 Å². The van der Waals surface area contributed by atoms with E-state index in [1.807, 2.05) is 0 Å². The van der Waals surface area contributed by atoms with Gasteiger partial charge in [0.2, 0.25) is 0 Å². The fraction of sp³-hybridized carbons (Fsp3) is 1.00. The van der Waals surface area contributed by atoms with Gasteiger partial charge in [-0.05, 0) is 58.4 Å². The highest BCUT2D eigenvalue weighted by Gasteiger charge is 2.06. The van der Waals surface area contributed by atoms with Gasteiger partial charge in [-0.15, -0.1) is 0 Å². The molecule has 4 heteroatoms.